The number of aliphatic imine (C=N–C) groups is 1. The highest BCUT2D eigenvalue weighted by Gasteiger charge is 2.55. The maximum atomic E-state index is 16.3. The molecular formula is C37H38ClF3N6O7. The molecule has 0 fully saturated rings. The average Bonchev–Trinajstić information content (AvgIpc) is 3.71. The Hall–Kier alpha value is -5.61. The van der Waals surface area contributed by atoms with Crippen LogP contribution >= 0.6 is 11.6 Å². The number of hydrogen-bond donors (Lipinski definition) is 4. The molecule has 4 N–H and O–H groups in total. The second-order valence-corrected chi connectivity index (χ2v) is 14.0. The summed E-state index contributed by atoms with van der Waals surface area (Å²) in [7, 11) is 2.98. The molecule has 17 heteroatoms. The van der Waals surface area contributed by atoms with Gasteiger partial charge in [0.2, 0.25) is 5.96 Å². The van der Waals surface area contributed by atoms with Crippen LogP contribution in [0.1, 0.15) is 66.8 Å². The molecule has 0 bridgehead atoms. The summed E-state index contributed by atoms with van der Waals surface area (Å²) in [5.41, 5.74) is -1.81. The predicted octanol–water partition coefficient (Wildman–Crippen LogP) is 6.52. The highest BCUT2D eigenvalue weighted by molar-refractivity contribution is 6.33. The number of carboxylic acid groups (broad SMARTS) is 1. The molecule has 0 saturated heterocycles. The van der Waals surface area contributed by atoms with Gasteiger partial charge in [-0.25, -0.2) is 18.9 Å². The normalized spacial score (nSPS) is 16.3. The number of hydrogen-bond acceptors (Lipinski definition) is 8. The Kier molecular flexibility index (Phi) is 11.6. The molecule has 3 aromatic carbocycles. The molecule has 0 radical (unpaired) electrons. The van der Waals surface area contributed by atoms with Crippen LogP contribution in [0.2, 0.25) is 5.02 Å². The lowest BCUT2D eigenvalue weighted by Gasteiger charge is -2.34. The van der Waals surface area contributed by atoms with Crippen molar-refractivity contribution < 1.29 is 47.2 Å². The number of aliphatic hydroxyl groups is 1. The summed E-state index contributed by atoms with van der Waals surface area (Å²) in [6.07, 6.45) is 0.471. The van der Waals surface area contributed by atoms with Crippen LogP contribution in [-0.4, -0.2) is 69.6 Å². The number of methoxy groups -OCH3 is 2. The van der Waals surface area contributed by atoms with E-state index in [4.69, 9.17) is 21.1 Å². The number of carbonyl (C=O) groups excluding carboxylic acids is 2. The average molecular weight is 771 g/mol. The van der Waals surface area contributed by atoms with Crippen LogP contribution in [0.4, 0.5) is 18.0 Å². The van der Waals surface area contributed by atoms with Gasteiger partial charge in [-0.2, -0.15) is 13.9 Å². The highest BCUT2D eigenvalue weighted by atomic mass is 35.5. The Labute approximate surface area is 313 Å². The molecule has 1 aromatic heterocycles. The van der Waals surface area contributed by atoms with Crippen molar-refractivity contribution in [3.63, 3.8) is 0 Å². The predicted molar refractivity (Wildman–Crippen MR) is 192 cm³/mol. The zero-order valence-corrected chi connectivity index (χ0v) is 30.6. The Morgan fingerprint density at radius 1 is 1.04 bits per heavy atom. The summed E-state index contributed by atoms with van der Waals surface area (Å²) >= 11 is 6.45. The van der Waals surface area contributed by atoms with Gasteiger partial charge in [-0.3, -0.25) is 19.8 Å². The number of amides is 3. The van der Waals surface area contributed by atoms with Crippen molar-refractivity contribution in [2.45, 2.75) is 51.9 Å². The molecule has 54 heavy (non-hydrogen) atoms. The largest absolute Gasteiger partial charge is 0.497 e. The number of alkyl halides is 2. The number of aromatic nitrogens is 2. The molecule has 2 atom stereocenters. The van der Waals surface area contributed by atoms with E-state index < -0.39 is 59.8 Å². The van der Waals surface area contributed by atoms with E-state index in [-0.39, 0.29) is 45.8 Å². The first-order valence-corrected chi connectivity index (χ1v) is 16.8. The lowest BCUT2D eigenvalue weighted by atomic mass is 9.75. The van der Waals surface area contributed by atoms with Crippen LogP contribution in [0, 0.1) is 11.2 Å². The van der Waals surface area contributed by atoms with Crippen molar-refractivity contribution in [2.24, 2.45) is 10.4 Å². The summed E-state index contributed by atoms with van der Waals surface area (Å²) in [5.74, 6) is -1.88. The minimum atomic E-state index is -2.91. The van der Waals surface area contributed by atoms with Gasteiger partial charge >= 0.3 is 12.6 Å². The SMILES string of the molecule is COc1ccc(CNC(=O)c2cc(C(CO)N3C(=O)[C@@](CC(C)(C)C)(c4ccc(-c5cnn(C(F)F)c5)cc4F)N=C3NC(=O)O)ccc2Cl)c(OC)c1. The Bertz CT molecular complexity index is 2100. The monoisotopic (exact) mass is 770 g/mol. The zero-order valence-electron chi connectivity index (χ0n) is 29.9. The second kappa shape index (κ2) is 15.8. The van der Waals surface area contributed by atoms with Crippen molar-refractivity contribution in [2.75, 3.05) is 20.8 Å². The molecule has 286 valence electrons. The Balaban J connectivity index is 1.53. The van der Waals surface area contributed by atoms with Gasteiger partial charge in [0, 0.05) is 35.5 Å². The van der Waals surface area contributed by atoms with E-state index in [0.29, 0.717) is 21.7 Å². The van der Waals surface area contributed by atoms with E-state index in [2.05, 4.69) is 20.7 Å². The van der Waals surface area contributed by atoms with E-state index in [9.17, 15) is 33.4 Å². The summed E-state index contributed by atoms with van der Waals surface area (Å²) in [6.45, 7) is 1.69. The molecular weight excluding hydrogens is 733 g/mol. The van der Waals surface area contributed by atoms with E-state index in [0.717, 1.165) is 23.4 Å². The van der Waals surface area contributed by atoms with E-state index >= 15 is 4.39 Å². The first-order valence-electron chi connectivity index (χ1n) is 16.5. The van der Waals surface area contributed by atoms with Gasteiger partial charge in [-0.05, 0) is 53.3 Å². The highest BCUT2D eigenvalue weighted by Crippen LogP contribution is 2.46. The van der Waals surface area contributed by atoms with Crippen LogP contribution in [0.25, 0.3) is 11.1 Å². The molecule has 3 amide bonds. The molecule has 0 spiro atoms. The first kappa shape index (κ1) is 39.6. The lowest BCUT2D eigenvalue weighted by Crippen LogP contribution is -2.49. The molecule has 1 unspecified atom stereocenters. The van der Waals surface area contributed by atoms with Crippen LogP contribution in [0.3, 0.4) is 0 Å². The minimum absolute atomic E-state index is 0.0193. The van der Waals surface area contributed by atoms with Gasteiger partial charge in [0.05, 0.1) is 43.7 Å². The molecule has 4 aromatic rings. The van der Waals surface area contributed by atoms with Crippen molar-refractivity contribution >= 4 is 35.5 Å². The summed E-state index contributed by atoms with van der Waals surface area (Å²) in [4.78, 5) is 45.8. The molecule has 2 heterocycles. The third-order valence-corrected chi connectivity index (χ3v) is 9.02. The molecule has 13 nitrogen and oxygen atoms in total. The van der Waals surface area contributed by atoms with Crippen molar-refractivity contribution in [3.8, 4) is 22.6 Å². The molecule has 1 aliphatic heterocycles. The Morgan fingerprint density at radius 2 is 1.78 bits per heavy atom. The van der Waals surface area contributed by atoms with Gasteiger partial charge in [-0.1, -0.05) is 50.6 Å². The number of nitrogens with zero attached hydrogens (tertiary/aromatic N) is 4. The van der Waals surface area contributed by atoms with Gasteiger partial charge in [0.25, 0.3) is 11.8 Å². The van der Waals surface area contributed by atoms with Crippen molar-refractivity contribution in [3.05, 3.63) is 100 Å². The van der Waals surface area contributed by atoms with Gasteiger partial charge in [0.1, 0.15) is 17.3 Å². The number of ether oxygens (including phenoxy) is 2. The number of guanidine groups is 1. The molecule has 0 saturated carbocycles. The topological polar surface area (TPSA) is 168 Å². The fourth-order valence-corrected chi connectivity index (χ4v) is 6.56. The van der Waals surface area contributed by atoms with Crippen LogP contribution in [0.15, 0.2) is 72.0 Å². The quantitative estimate of drug-likeness (QED) is 0.126. The molecule has 0 aliphatic carbocycles. The number of rotatable bonds is 12. The third-order valence-electron chi connectivity index (χ3n) is 8.69. The number of halogens is 4. The Morgan fingerprint density at radius 3 is 2.37 bits per heavy atom. The second-order valence-electron chi connectivity index (χ2n) is 13.6. The standard InChI is InChI=1S/C37H38ClF3N6O7/c1-36(2,3)19-37(26-10-7-20(13-28(26)39)23-16-43-46(17-23)33(40)41)32(50)47(34(45-37)44-35(51)52)29(18-48)21-8-11-27(38)25(12-21)31(49)42-15-22-6-9-24(53-4)14-30(22)54-5/h6-14,16-17,29,33,48H,15,18-19H2,1-5H3,(H,42,49)(H,44,45)(H,51,52)/t29?,37-/m1/s1. The van der Waals surface area contributed by atoms with E-state index in [1.807, 2.05) is 0 Å². The lowest BCUT2D eigenvalue weighted by molar-refractivity contribution is -0.135. The summed E-state index contributed by atoms with van der Waals surface area (Å²) in [6, 6.07) is 11.7. The van der Waals surface area contributed by atoms with Gasteiger partial charge in [-0.15, -0.1) is 0 Å². The van der Waals surface area contributed by atoms with Crippen LogP contribution in [-0.2, 0) is 16.9 Å². The van der Waals surface area contributed by atoms with E-state index in [1.54, 1.807) is 39.0 Å². The van der Waals surface area contributed by atoms with Gasteiger partial charge < -0.3 is 25.0 Å². The van der Waals surface area contributed by atoms with Crippen molar-refractivity contribution in [1.29, 1.82) is 0 Å². The smallest absolute Gasteiger partial charge is 0.411 e. The molecule has 1 aliphatic rings. The number of carbonyl (C=O) groups is 3. The number of benzene rings is 3. The van der Waals surface area contributed by atoms with Gasteiger partial charge in [0.15, 0.2) is 5.54 Å². The maximum Gasteiger partial charge on any atom is 0.411 e. The fourth-order valence-electron chi connectivity index (χ4n) is 6.36. The van der Waals surface area contributed by atoms with Crippen molar-refractivity contribution in [1.82, 2.24) is 25.3 Å². The van der Waals surface area contributed by atoms with E-state index in [1.165, 1.54) is 44.6 Å². The first-order chi connectivity index (χ1) is 25.5. The minimum Gasteiger partial charge on any atom is -0.497 e. The number of aliphatic hydroxyl groups excluding tert-OH is 1. The van der Waals surface area contributed by atoms with Crippen LogP contribution in [0.5, 0.6) is 11.5 Å². The maximum absolute atomic E-state index is 16.3. The third kappa shape index (κ3) is 8.14. The fraction of sp³-hybridized carbons (Fsp3) is 0.324. The zero-order chi connectivity index (χ0) is 39.5. The summed E-state index contributed by atoms with van der Waals surface area (Å²) < 4.78 is 53.6. The molecule has 5 rings (SSSR count). The van der Waals surface area contributed by atoms with Crippen LogP contribution < -0.4 is 20.1 Å². The summed E-state index contributed by atoms with van der Waals surface area (Å²) in [5, 5.41) is 29.1. The number of nitrogens with one attached hydrogen (secondary N) is 2.